The minimum atomic E-state index is -1.09. The Balaban J connectivity index is 0.771. The van der Waals surface area contributed by atoms with E-state index in [9.17, 15) is 28.8 Å². The van der Waals surface area contributed by atoms with Gasteiger partial charge in [0.05, 0.1) is 38.6 Å². The van der Waals surface area contributed by atoms with Crippen molar-refractivity contribution in [1.82, 2.24) is 30.4 Å². The highest BCUT2D eigenvalue weighted by Gasteiger charge is 2.43. The molecule has 8 rings (SSSR count). The lowest BCUT2D eigenvalue weighted by Crippen LogP contribution is -2.57. The number of carbonyl (C=O) groups is 6. The zero-order valence-corrected chi connectivity index (χ0v) is 38.2. The third-order valence-electron chi connectivity index (χ3n) is 11.6. The summed E-state index contributed by atoms with van der Waals surface area (Å²) < 4.78 is 16.6. The molecule has 3 aliphatic rings. The lowest BCUT2D eigenvalue weighted by Gasteiger charge is -2.35. The van der Waals surface area contributed by atoms with Crippen molar-refractivity contribution in [2.45, 2.75) is 25.3 Å². The van der Waals surface area contributed by atoms with Crippen molar-refractivity contribution in [3.8, 4) is 17.2 Å². The van der Waals surface area contributed by atoms with Crippen molar-refractivity contribution in [2.24, 2.45) is 0 Å². The van der Waals surface area contributed by atoms with Gasteiger partial charge in [-0.2, -0.15) is 0 Å². The number of rotatable bonds is 15. The second-order valence-corrected chi connectivity index (χ2v) is 16.6. The van der Waals surface area contributed by atoms with Crippen LogP contribution in [0.3, 0.4) is 0 Å². The van der Waals surface area contributed by atoms with Crippen molar-refractivity contribution in [3.63, 3.8) is 0 Å². The number of piperidine rings is 1. The Bertz CT molecular complexity index is 2740. The van der Waals surface area contributed by atoms with Gasteiger partial charge < -0.3 is 35.1 Å². The first kappa shape index (κ1) is 46.3. The third-order valence-corrected chi connectivity index (χ3v) is 12.4. The van der Waals surface area contributed by atoms with E-state index in [0.717, 1.165) is 29.4 Å². The van der Waals surface area contributed by atoms with Gasteiger partial charge in [0.2, 0.25) is 17.7 Å². The summed E-state index contributed by atoms with van der Waals surface area (Å²) in [5.74, 6) is -0.686. The van der Waals surface area contributed by atoms with Gasteiger partial charge in [-0.1, -0.05) is 35.3 Å². The van der Waals surface area contributed by atoms with Gasteiger partial charge in [-0.15, -0.1) is 0 Å². The Labute approximate surface area is 394 Å². The van der Waals surface area contributed by atoms with E-state index in [1.54, 1.807) is 43.4 Å². The monoisotopic (exact) mass is 952 g/mol. The summed E-state index contributed by atoms with van der Waals surface area (Å²) in [6, 6.07) is 17.8. The number of aromatic nitrogens is 2. The number of piperazine rings is 1. The van der Waals surface area contributed by atoms with Gasteiger partial charge in [0, 0.05) is 80.6 Å². The normalized spacial score (nSPS) is 16.1. The minimum absolute atomic E-state index is 0.0246. The van der Waals surface area contributed by atoms with Crippen LogP contribution in [0, 0.1) is 0 Å². The van der Waals surface area contributed by atoms with Crippen LogP contribution < -0.4 is 45.3 Å². The first-order chi connectivity index (χ1) is 32.3. The molecule has 4 heterocycles. The smallest absolute Gasteiger partial charge is 0.327 e. The number of benzene rings is 4. The van der Waals surface area contributed by atoms with Crippen molar-refractivity contribution in [2.75, 3.05) is 87.6 Å². The molecule has 7 amide bonds. The predicted octanol–water partition coefficient (Wildman–Crippen LogP) is 5.47. The predicted molar refractivity (Wildman–Crippen MR) is 251 cm³/mol. The van der Waals surface area contributed by atoms with Crippen molar-refractivity contribution in [3.05, 3.63) is 94.2 Å². The van der Waals surface area contributed by atoms with E-state index in [1.165, 1.54) is 31.5 Å². The van der Waals surface area contributed by atoms with Crippen LogP contribution in [0.2, 0.25) is 10.0 Å². The molecule has 2 fully saturated rings. The van der Waals surface area contributed by atoms with Crippen LogP contribution in [0.25, 0.3) is 10.8 Å². The maximum absolute atomic E-state index is 13.7. The fourth-order valence-electron chi connectivity index (χ4n) is 8.10. The average Bonchev–Trinajstić information content (AvgIpc) is 3.33. The molecule has 348 valence electrons. The summed E-state index contributed by atoms with van der Waals surface area (Å²) in [4.78, 5) is 92.7. The molecule has 0 spiro atoms. The molecule has 0 radical (unpaired) electrons. The fourth-order valence-corrected chi connectivity index (χ4v) is 8.69. The number of hydrogen-bond donors (Lipinski definition) is 4. The molecule has 1 atom stereocenters. The van der Waals surface area contributed by atoms with Gasteiger partial charge in [0.25, 0.3) is 11.8 Å². The average molecular weight is 954 g/mol. The molecular weight excluding hydrogens is 907 g/mol. The maximum atomic E-state index is 13.7. The molecule has 4 N–H and O–H groups in total. The zero-order chi connectivity index (χ0) is 47.4. The Morgan fingerprint density at radius 2 is 1.60 bits per heavy atom. The van der Waals surface area contributed by atoms with Crippen molar-refractivity contribution in [1.29, 1.82) is 0 Å². The standard InChI is InChI=1S/C46H46Cl2N10O9/c1-55(46(64)54-42-40(47)33(65-2)22-34(66-3)41(42)48)36-23-35(50-25-51-36)52-27-8-10-28(11-9-27)57-17-15-56(16-18-57)24-38(60)49-14-5-19-67-29-20-26-6-4-7-30-39(26)31(21-29)45(63)58(44(30)62)32-12-13-37(59)53-43(32)61/h4,6-11,20-23,25,32H,5,12-19,24H2,1-3H3,(H,49,60)(H,54,64)(H,50,51,52)(H,53,59,61). The van der Waals surface area contributed by atoms with E-state index in [0.29, 0.717) is 59.8 Å². The quantitative estimate of drug-likeness (QED) is 0.0756. The molecule has 19 nitrogen and oxygen atoms in total. The van der Waals surface area contributed by atoms with Crippen molar-refractivity contribution < 1.29 is 43.0 Å². The van der Waals surface area contributed by atoms with Crippen LogP contribution in [0.4, 0.5) is 33.5 Å². The van der Waals surface area contributed by atoms with Crippen LogP contribution in [-0.4, -0.2) is 129 Å². The number of anilines is 5. The highest BCUT2D eigenvalue weighted by molar-refractivity contribution is 6.41. The summed E-state index contributed by atoms with van der Waals surface area (Å²) in [5.41, 5.74) is 2.47. The number of halogens is 2. The van der Waals surface area contributed by atoms with Gasteiger partial charge in [-0.3, -0.25) is 44.0 Å². The van der Waals surface area contributed by atoms with E-state index in [4.69, 9.17) is 37.4 Å². The number of methoxy groups -OCH3 is 2. The van der Waals surface area contributed by atoms with Gasteiger partial charge in [-0.05, 0) is 60.7 Å². The highest BCUT2D eigenvalue weighted by Crippen LogP contribution is 2.44. The molecule has 21 heteroatoms. The summed E-state index contributed by atoms with van der Waals surface area (Å²) in [5, 5.41) is 12.5. The van der Waals surface area contributed by atoms with E-state index >= 15 is 0 Å². The van der Waals surface area contributed by atoms with Crippen molar-refractivity contribution >= 4 is 98.2 Å². The number of ether oxygens (including phenoxy) is 3. The molecule has 3 aliphatic heterocycles. The number of imide groups is 2. The molecular formula is C46H46Cl2N10O9. The fraction of sp³-hybridized carbons (Fsp3) is 0.304. The van der Waals surface area contributed by atoms with Gasteiger partial charge in [0.1, 0.15) is 51.3 Å². The van der Waals surface area contributed by atoms with Crippen LogP contribution in [-0.2, 0) is 14.4 Å². The first-order valence-corrected chi connectivity index (χ1v) is 22.1. The lowest BCUT2D eigenvalue weighted by molar-refractivity contribution is -0.136. The van der Waals surface area contributed by atoms with Crippen LogP contribution in [0.15, 0.2) is 73.1 Å². The summed E-state index contributed by atoms with van der Waals surface area (Å²) in [6.45, 7) is 3.75. The number of urea groups is 1. The Kier molecular flexibility index (Phi) is 13.9. The van der Waals surface area contributed by atoms with E-state index in [2.05, 4.69) is 41.0 Å². The second kappa shape index (κ2) is 20.1. The molecule has 0 saturated carbocycles. The van der Waals surface area contributed by atoms with E-state index < -0.39 is 35.7 Å². The summed E-state index contributed by atoms with van der Waals surface area (Å²) in [6.07, 6.45) is 1.93. The number of carbonyl (C=O) groups excluding carboxylic acids is 6. The third kappa shape index (κ3) is 9.98. The molecule has 1 unspecified atom stereocenters. The van der Waals surface area contributed by atoms with Gasteiger partial charge >= 0.3 is 6.03 Å². The first-order valence-electron chi connectivity index (χ1n) is 21.3. The minimum Gasteiger partial charge on any atom is -0.495 e. The maximum Gasteiger partial charge on any atom is 0.327 e. The Hall–Kier alpha value is -7.22. The molecule has 0 aliphatic carbocycles. The second-order valence-electron chi connectivity index (χ2n) is 15.8. The summed E-state index contributed by atoms with van der Waals surface area (Å²) in [7, 11) is 4.42. The van der Waals surface area contributed by atoms with Gasteiger partial charge in [0.15, 0.2) is 0 Å². The molecule has 4 aromatic carbocycles. The Morgan fingerprint density at radius 1 is 0.881 bits per heavy atom. The summed E-state index contributed by atoms with van der Waals surface area (Å²) >= 11 is 12.9. The van der Waals surface area contributed by atoms with Crippen LogP contribution in [0.5, 0.6) is 17.2 Å². The largest absolute Gasteiger partial charge is 0.495 e. The van der Waals surface area contributed by atoms with E-state index in [1.807, 2.05) is 24.3 Å². The van der Waals surface area contributed by atoms with Gasteiger partial charge in [-0.25, -0.2) is 14.8 Å². The molecule has 5 aromatic rings. The van der Waals surface area contributed by atoms with Crippen LogP contribution >= 0.6 is 23.2 Å². The molecule has 0 bridgehead atoms. The zero-order valence-electron chi connectivity index (χ0n) is 36.7. The SMILES string of the molecule is COc1cc(OC)c(Cl)c(NC(=O)N(C)c2cc(Nc3ccc(N4CCN(CC(=O)NCCCOc5cc6c7c(cccc7c5)C(=O)N(C5CCC(=O)NC5=O)C6=O)CC4)cc3)ncn2)c1Cl. The topological polar surface area (TPSA) is 217 Å². The number of amides is 7. The lowest BCUT2D eigenvalue weighted by atomic mass is 9.91. The molecule has 2 saturated heterocycles. The molecule has 1 aromatic heterocycles. The number of nitrogens with zero attached hydrogens (tertiary/aromatic N) is 6. The number of hydrogen-bond acceptors (Lipinski definition) is 14. The highest BCUT2D eigenvalue weighted by atomic mass is 35.5. The Morgan fingerprint density at radius 3 is 2.30 bits per heavy atom. The van der Waals surface area contributed by atoms with E-state index in [-0.39, 0.29) is 64.7 Å². The van der Waals surface area contributed by atoms with Crippen LogP contribution in [0.1, 0.15) is 40.0 Å². The number of nitrogens with one attached hydrogen (secondary N) is 4. The molecule has 67 heavy (non-hydrogen) atoms.